The number of aryl methyl sites for hydroxylation is 2. The number of nitrogens with one attached hydrogen (secondary N) is 3. The van der Waals surface area contributed by atoms with Crippen molar-refractivity contribution in [2.45, 2.75) is 39.7 Å². The Balaban J connectivity index is 1.49. The molecule has 0 aliphatic rings. The first-order chi connectivity index (χ1) is 13.3. The highest BCUT2D eigenvalue weighted by molar-refractivity contribution is 5.86. The van der Waals surface area contributed by atoms with E-state index in [1.165, 1.54) is 22.0 Å². The molecule has 0 spiro atoms. The van der Waals surface area contributed by atoms with Crippen LogP contribution >= 0.6 is 0 Å². The minimum absolute atomic E-state index is 0.775. The van der Waals surface area contributed by atoms with Gasteiger partial charge in [0.15, 0.2) is 5.96 Å². The summed E-state index contributed by atoms with van der Waals surface area (Å²) < 4.78 is 2.07. The average molecular weight is 368 g/mol. The highest BCUT2D eigenvalue weighted by atomic mass is 15.3. The number of guanidine groups is 1. The lowest BCUT2D eigenvalue weighted by Crippen LogP contribution is -2.39. The molecule has 0 atom stereocenters. The molecule has 0 saturated heterocycles. The van der Waals surface area contributed by atoms with Crippen molar-refractivity contribution >= 4 is 16.9 Å². The van der Waals surface area contributed by atoms with Crippen LogP contribution in [0.1, 0.15) is 30.8 Å². The van der Waals surface area contributed by atoms with Crippen LogP contribution in [0.4, 0.5) is 0 Å². The summed E-state index contributed by atoms with van der Waals surface area (Å²) in [5.74, 6) is 1.82. The summed E-state index contributed by atoms with van der Waals surface area (Å²) in [6.45, 7) is 6.70. The van der Waals surface area contributed by atoms with Crippen molar-refractivity contribution in [3.05, 3.63) is 47.7 Å². The number of fused-ring (bicyclic) bond motifs is 1. The van der Waals surface area contributed by atoms with Crippen molar-refractivity contribution in [2.24, 2.45) is 4.99 Å². The lowest BCUT2D eigenvalue weighted by atomic mass is 10.1. The highest BCUT2D eigenvalue weighted by Crippen LogP contribution is 2.22. The first kappa shape index (κ1) is 18.9. The van der Waals surface area contributed by atoms with Gasteiger partial charge in [-0.3, -0.25) is 4.99 Å². The molecule has 3 aromatic rings. The maximum absolute atomic E-state index is 4.30. The lowest BCUT2D eigenvalue weighted by Gasteiger charge is -2.12. The predicted octanol–water partition coefficient (Wildman–Crippen LogP) is 2.29. The van der Waals surface area contributed by atoms with Gasteiger partial charge in [0.2, 0.25) is 0 Å². The van der Waals surface area contributed by atoms with Gasteiger partial charge in [-0.1, -0.05) is 32.0 Å². The number of nitrogens with zero attached hydrogens (tertiary/aromatic N) is 4. The summed E-state index contributed by atoms with van der Waals surface area (Å²) in [5, 5.41) is 16.1. The van der Waals surface area contributed by atoms with Gasteiger partial charge in [-0.2, -0.15) is 0 Å². The van der Waals surface area contributed by atoms with E-state index in [-0.39, 0.29) is 0 Å². The molecule has 0 radical (unpaired) electrons. The number of benzene rings is 1. The third-order valence-electron chi connectivity index (χ3n) is 4.84. The van der Waals surface area contributed by atoms with Gasteiger partial charge in [0.25, 0.3) is 0 Å². The smallest absolute Gasteiger partial charge is 0.191 e. The minimum atomic E-state index is 0.775. The monoisotopic (exact) mass is 367 g/mol. The summed E-state index contributed by atoms with van der Waals surface area (Å²) in [7, 11) is 1.80. The van der Waals surface area contributed by atoms with Crippen LogP contribution in [-0.2, 0) is 25.8 Å². The fraction of sp³-hybridized carbons (Fsp3) is 0.450. The molecule has 7 nitrogen and oxygen atoms in total. The van der Waals surface area contributed by atoms with Gasteiger partial charge < -0.3 is 20.2 Å². The zero-order chi connectivity index (χ0) is 19.1. The maximum atomic E-state index is 4.30. The van der Waals surface area contributed by atoms with Crippen molar-refractivity contribution in [1.29, 1.82) is 0 Å². The van der Waals surface area contributed by atoms with Gasteiger partial charge >= 0.3 is 0 Å². The Labute approximate surface area is 160 Å². The van der Waals surface area contributed by atoms with Gasteiger partial charge in [-0.25, -0.2) is 0 Å². The van der Waals surface area contributed by atoms with Gasteiger partial charge in [0.05, 0.1) is 0 Å². The van der Waals surface area contributed by atoms with E-state index in [0.29, 0.717) is 0 Å². The highest BCUT2D eigenvalue weighted by Gasteiger charge is 2.07. The van der Waals surface area contributed by atoms with Crippen LogP contribution in [0, 0.1) is 0 Å². The van der Waals surface area contributed by atoms with Crippen LogP contribution in [0.25, 0.3) is 10.9 Å². The SMILES string of the molecule is CCc1cccc2c(CCNC(=NC)NCCn3cnnc3CC)c[nH]c12. The second-order valence-corrected chi connectivity index (χ2v) is 6.48. The van der Waals surface area contributed by atoms with Gasteiger partial charge in [0.1, 0.15) is 12.2 Å². The largest absolute Gasteiger partial charge is 0.361 e. The summed E-state index contributed by atoms with van der Waals surface area (Å²) in [6, 6.07) is 6.52. The molecule has 0 amide bonds. The average Bonchev–Trinajstić information content (AvgIpc) is 3.33. The van der Waals surface area contributed by atoms with Crippen LogP contribution in [0.2, 0.25) is 0 Å². The number of aliphatic imine (C=N–C) groups is 1. The number of rotatable bonds is 8. The fourth-order valence-corrected chi connectivity index (χ4v) is 3.35. The van der Waals surface area contributed by atoms with E-state index in [0.717, 1.165) is 50.7 Å². The molecule has 0 unspecified atom stereocenters. The van der Waals surface area contributed by atoms with Crippen molar-refractivity contribution in [1.82, 2.24) is 30.4 Å². The molecule has 1 aromatic carbocycles. The van der Waals surface area contributed by atoms with Crippen LogP contribution in [0.5, 0.6) is 0 Å². The molecule has 3 rings (SSSR count). The quantitative estimate of drug-likeness (QED) is 0.421. The van der Waals surface area contributed by atoms with E-state index in [9.17, 15) is 0 Å². The second kappa shape index (κ2) is 9.21. The number of hydrogen-bond donors (Lipinski definition) is 3. The zero-order valence-electron chi connectivity index (χ0n) is 16.4. The molecule has 0 aliphatic carbocycles. The maximum Gasteiger partial charge on any atom is 0.191 e. The van der Waals surface area contributed by atoms with Gasteiger partial charge in [0, 0.05) is 50.2 Å². The van der Waals surface area contributed by atoms with Crippen LogP contribution in [0.15, 0.2) is 35.7 Å². The molecular formula is C20H29N7. The Morgan fingerprint density at radius 3 is 2.78 bits per heavy atom. The van der Waals surface area contributed by atoms with Crippen molar-refractivity contribution in [3.63, 3.8) is 0 Å². The third kappa shape index (κ3) is 4.48. The predicted molar refractivity (Wildman–Crippen MR) is 110 cm³/mol. The number of H-pyrrole nitrogens is 1. The Hall–Kier alpha value is -2.83. The molecule has 7 heteroatoms. The Morgan fingerprint density at radius 2 is 2.00 bits per heavy atom. The summed E-state index contributed by atoms with van der Waals surface area (Å²) in [5.41, 5.74) is 3.96. The van der Waals surface area contributed by atoms with E-state index in [4.69, 9.17) is 0 Å². The second-order valence-electron chi connectivity index (χ2n) is 6.48. The van der Waals surface area contributed by atoms with E-state index < -0.39 is 0 Å². The number of para-hydroxylation sites is 1. The van der Waals surface area contributed by atoms with Crippen molar-refractivity contribution in [3.8, 4) is 0 Å². The van der Waals surface area contributed by atoms with Crippen molar-refractivity contribution in [2.75, 3.05) is 20.1 Å². The lowest BCUT2D eigenvalue weighted by molar-refractivity contribution is 0.632. The summed E-state index contributed by atoms with van der Waals surface area (Å²) in [4.78, 5) is 7.74. The van der Waals surface area contributed by atoms with Crippen molar-refractivity contribution < 1.29 is 0 Å². The fourth-order valence-electron chi connectivity index (χ4n) is 3.35. The molecular weight excluding hydrogens is 338 g/mol. The molecule has 2 aromatic heterocycles. The Morgan fingerprint density at radius 1 is 1.15 bits per heavy atom. The van der Waals surface area contributed by atoms with Crippen LogP contribution in [0.3, 0.4) is 0 Å². The number of aromatic nitrogens is 4. The number of aromatic amines is 1. The Kier molecular flexibility index (Phi) is 6.46. The standard InChI is InChI=1S/C20H29N7/c1-4-15-7-6-8-17-16(13-24-19(15)17)9-10-22-20(21-3)23-11-12-27-14-25-26-18(27)5-2/h6-8,13-14,24H,4-5,9-12H2,1-3H3,(H2,21,22,23). The summed E-state index contributed by atoms with van der Waals surface area (Å²) >= 11 is 0. The first-order valence-corrected chi connectivity index (χ1v) is 9.65. The number of hydrogen-bond acceptors (Lipinski definition) is 3. The normalized spacial score (nSPS) is 11.9. The van der Waals surface area contributed by atoms with Gasteiger partial charge in [-0.05, 0) is 24.0 Å². The minimum Gasteiger partial charge on any atom is -0.361 e. The molecule has 0 saturated carbocycles. The molecule has 27 heavy (non-hydrogen) atoms. The molecule has 144 valence electrons. The Bertz CT molecular complexity index is 891. The molecule has 0 aliphatic heterocycles. The topological polar surface area (TPSA) is 82.9 Å². The van der Waals surface area contributed by atoms with Gasteiger partial charge in [-0.15, -0.1) is 10.2 Å². The molecule has 2 heterocycles. The molecule has 0 fully saturated rings. The third-order valence-corrected chi connectivity index (χ3v) is 4.84. The van der Waals surface area contributed by atoms with E-state index >= 15 is 0 Å². The van der Waals surface area contributed by atoms with E-state index in [1.54, 1.807) is 13.4 Å². The first-order valence-electron chi connectivity index (χ1n) is 9.65. The van der Waals surface area contributed by atoms with E-state index in [2.05, 4.69) is 73.6 Å². The molecule has 3 N–H and O–H groups in total. The zero-order valence-corrected chi connectivity index (χ0v) is 16.4. The van der Waals surface area contributed by atoms with Crippen LogP contribution < -0.4 is 10.6 Å². The van der Waals surface area contributed by atoms with Crippen LogP contribution in [-0.4, -0.2) is 45.8 Å². The molecule has 0 bridgehead atoms. The van der Waals surface area contributed by atoms with E-state index in [1.807, 2.05) is 0 Å². The summed E-state index contributed by atoms with van der Waals surface area (Å²) in [6.07, 6.45) is 6.77.